The van der Waals surface area contributed by atoms with Crippen molar-refractivity contribution < 1.29 is 14.4 Å². The summed E-state index contributed by atoms with van der Waals surface area (Å²) in [5.41, 5.74) is 2.11. The highest BCUT2D eigenvalue weighted by Crippen LogP contribution is 2.38. The van der Waals surface area contributed by atoms with Gasteiger partial charge in [-0.1, -0.05) is 44.9 Å². The summed E-state index contributed by atoms with van der Waals surface area (Å²) in [5, 5.41) is 9.57. The van der Waals surface area contributed by atoms with Crippen LogP contribution < -0.4 is 4.90 Å². The molecule has 6 rings (SSSR count). The van der Waals surface area contributed by atoms with E-state index in [0.717, 1.165) is 27.8 Å². The van der Waals surface area contributed by atoms with Crippen LogP contribution in [0, 0.1) is 5.92 Å². The summed E-state index contributed by atoms with van der Waals surface area (Å²) in [5.74, 6) is -0.180. The third-order valence-corrected chi connectivity index (χ3v) is 10.5. The molecule has 0 aliphatic carbocycles. The zero-order valence-corrected chi connectivity index (χ0v) is 28.2. The fourth-order valence-electron chi connectivity index (χ4n) is 7.01. The maximum Gasteiger partial charge on any atom is 0.251 e. The molecule has 45 heavy (non-hydrogen) atoms. The second kappa shape index (κ2) is 12.8. The Hall–Kier alpha value is -3.28. The molecule has 3 amide bonds. The summed E-state index contributed by atoms with van der Waals surface area (Å²) in [7, 11) is 1.78. The molecule has 3 aliphatic heterocycles. The largest absolute Gasteiger partial charge is 0.340 e. The lowest BCUT2D eigenvalue weighted by Gasteiger charge is -2.45. The number of hydrogen-bond donors (Lipinski definition) is 0. The molecule has 10 nitrogen and oxygen atoms in total. The van der Waals surface area contributed by atoms with Crippen LogP contribution >= 0.6 is 27.5 Å². The van der Waals surface area contributed by atoms with E-state index in [9.17, 15) is 14.4 Å². The number of amides is 3. The number of halogens is 2. The summed E-state index contributed by atoms with van der Waals surface area (Å²) in [6, 6.07) is 14.5. The van der Waals surface area contributed by atoms with Crippen LogP contribution in [0.2, 0.25) is 5.02 Å². The molecule has 3 aromatic rings. The number of rotatable bonds is 6. The van der Waals surface area contributed by atoms with E-state index in [1.54, 1.807) is 22.7 Å². The van der Waals surface area contributed by atoms with Gasteiger partial charge >= 0.3 is 0 Å². The Kier molecular flexibility index (Phi) is 9.05. The minimum absolute atomic E-state index is 0.0242. The van der Waals surface area contributed by atoms with Crippen molar-refractivity contribution in [3.63, 3.8) is 0 Å². The van der Waals surface area contributed by atoms with Crippen LogP contribution in [-0.4, -0.2) is 87.2 Å². The first-order valence-electron chi connectivity index (χ1n) is 15.6. The minimum atomic E-state index is -0.447. The highest BCUT2D eigenvalue weighted by atomic mass is 79.9. The van der Waals surface area contributed by atoms with Crippen molar-refractivity contribution in [3.8, 4) is 0 Å². The normalized spacial score (nSPS) is 23.5. The van der Waals surface area contributed by atoms with Crippen molar-refractivity contribution in [3.05, 3.63) is 75.5 Å². The summed E-state index contributed by atoms with van der Waals surface area (Å²) in [6.45, 7) is 7.43. The van der Waals surface area contributed by atoms with E-state index in [0.29, 0.717) is 57.0 Å². The van der Waals surface area contributed by atoms with Gasteiger partial charge in [0.05, 0.1) is 23.7 Å². The summed E-state index contributed by atoms with van der Waals surface area (Å²) in [4.78, 5) is 47.9. The Labute approximate surface area is 277 Å². The molecule has 0 bridgehead atoms. The van der Waals surface area contributed by atoms with E-state index < -0.39 is 11.6 Å². The van der Waals surface area contributed by atoms with Crippen LogP contribution in [-0.2, 0) is 19.9 Å². The van der Waals surface area contributed by atoms with Crippen molar-refractivity contribution in [1.29, 1.82) is 0 Å². The first kappa shape index (κ1) is 31.7. The summed E-state index contributed by atoms with van der Waals surface area (Å²) in [6.07, 6.45) is 4.39. The molecule has 0 saturated carbocycles. The molecule has 4 heterocycles. The van der Waals surface area contributed by atoms with E-state index in [-0.39, 0.29) is 29.7 Å². The second-order valence-corrected chi connectivity index (χ2v) is 14.1. The number of piperazine rings is 1. The number of likely N-dealkylation sites (tertiary alicyclic amines) is 1. The number of aromatic nitrogens is 3. The number of hydrogen-bond acceptors (Lipinski definition) is 6. The van der Waals surface area contributed by atoms with E-state index in [1.165, 1.54) is 0 Å². The van der Waals surface area contributed by atoms with Gasteiger partial charge in [-0.2, -0.15) is 0 Å². The predicted molar refractivity (Wildman–Crippen MR) is 176 cm³/mol. The molecule has 3 unspecified atom stereocenters. The third-order valence-electron chi connectivity index (χ3n) is 9.76. The van der Waals surface area contributed by atoms with Gasteiger partial charge in [-0.05, 0) is 75.1 Å². The third kappa shape index (κ3) is 6.26. The van der Waals surface area contributed by atoms with Crippen molar-refractivity contribution >= 4 is 50.9 Å². The fourth-order valence-corrected chi connectivity index (χ4v) is 7.48. The average molecular weight is 697 g/mol. The van der Waals surface area contributed by atoms with Gasteiger partial charge in [0.1, 0.15) is 11.7 Å². The molecule has 0 radical (unpaired) electrons. The van der Waals surface area contributed by atoms with Crippen molar-refractivity contribution in [1.82, 2.24) is 29.7 Å². The van der Waals surface area contributed by atoms with Gasteiger partial charge in [0.25, 0.3) is 5.91 Å². The number of carbonyl (C=O) groups excluding carboxylic acids is 3. The molecule has 12 heteroatoms. The van der Waals surface area contributed by atoms with Gasteiger partial charge < -0.3 is 14.7 Å². The Morgan fingerprint density at radius 1 is 1.00 bits per heavy atom. The van der Waals surface area contributed by atoms with Gasteiger partial charge in [0.2, 0.25) is 11.8 Å². The average Bonchev–Trinajstić information content (AvgIpc) is 3.54. The lowest BCUT2D eigenvalue weighted by molar-refractivity contribution is -0.148. The number of anilines is 1. The number of piperidine rings is 2. The number of benzene rings is 2. The highest BCUT2D eigenvalue weighted by molar-refractivity contribution is 9.10. The maximum atomic E-state index is 13.9. The standard InChI is InChI=1S/C33H39BrClN7O3/c1-33(2,28-21-42(37-36-28)27-8-5-15-41(32(27)45)25-11-9-23(34)10-12-25)40-18-16-39(17-19-40)31(44)26-13-14-29(43)38(3)30(26)22-6-4-7-24(35)20-22/h4,6-7,9-12,20-21,26-27,30H,5,8,13-19H2,1-3H3. The van der Waals surface area contributed by atoms with E-state index in [2.05, 4.69) is 45.0 Å². The SMILES string of the molecule is CN1C(=O)CCC(C(=O)N2CCN(C(C)(C)c3cn(C4CCCN(c5ccc(Br)cc5)C4=O)nn3)CC2)C1c1cccc(Cl)c1. The van der Waals surface area contributed by atoms with Gasteiger partial charge in [-0.3, -0.25) is 19.3 Å². The molecule has 3 fully saturated rings. The fraction of sp³-hybridized carbons (Fsp3) is 0.485. The van der Waals surface area contributed by atoms with Crippen LogP contribution in [0.15, 0.2) is 59.2 Å². The number of carbonyl (C=O) groups is 3. The number of nitrogens with zero attached hydrogens (tertiary/aromatic N) is 7. The minimum Gasteiger partial charge on any atom is -0.340 e. The van der Waals surface area contributed by atoms with Crippen molar-refractivity contribution in [2.75, 3.05) is 44.7 Å². The topological polar surface area (TPSA) is 94.9 Å². The van der Waals surface area contributed by atoms with Crippen LogP contribution in [0.5, 0.6) is 0 Å². The summed E-state index contributed by atoms with van der Waals surface area (Å²) < 4.78 is 2.70. The molecule has 2 aromatic carbocycles. The van der Waals surface area contributed by atoms with Crippen LogP contribution in [0.1, 0.15) is 62.9 Å². The van der Waals surface area contributed by atoms with E-state index in [1.807, 2.05) is 58.5 Å². The highest BCUT2D eigenvalue weighted by Gasteiger charge is 2.43. The zero-order valence-electron chi connectivity index (χ0n) is 25.9. The van der Waals surface area contributed by atoms with Gasteiger partial charge in [0, 0.05) is 61.4 Å². The Balaban J connectivity index is 1.12. The van der Waals surface area contributed by atoms with Crippen molar-refractivity contribution in [2.24, 2.45) is 5.92 Å². The zero-order chi connectivity index (χ0) is 31.9. The quantitative estimate of drug-likeness (QED) is 0.358. The molecule has 3 saturated heterocycles. The molecule has 1 aromatic heterocycles. The molecule has 3 atom stereocenters. The van der Waals surface area contributed by atoms with Gasteiger partial charge in [-0.25, -0.2) is 4.68 Å². The molecular formula is C33H39BrClN7O3. The van der Waals surface area contributed by atoms with Crippen molar-refractivity contribution in [2.45, 2.75) is 57.2 Å². The lowest BCUT2D eigenvalue weighted by atomic mass is 9.83. The Morgan fingerprint density at radius 3 is 2.44 bits per heavy atom. The van der Waals surface area contributed by atoms with Crippen LogP contribution in [0.3, 0.4) is 0 Å². The molecule has 238 valence electrons. The Bertz CT molecular complexity index is 1570. The van der Waals surface area contributed by atoms with E-state index in [4.69, 9.17) is 11.6 Å². The van der Waals surface area contributed by atoms with Crippen LogP contribution in [0.4, 0.5) is 5.69 Å². The maximum absolute atomic E-state index is 13.9. The predicted octanol–water partition coefficient (Wildman–Crippen LogP) is 5.05. The monoisotopic (exact) mass is 695 g/mol. The smallest absolute Gasteiger partial charge is 0.251 e. The van der Waals surface area contributed by atoms with E-state index >= 15 is 0 Å². The molecule has 3 aliphatic rings. The molecular weight excluding hydrogens is 658 g/mol. The van der Waals surface area contributed by atoms with Gasteiger partial charge in [-0.15, -0.1) is 5.10 Å². The first-order chi connectivity index (χ1) is 21.5. The second-order valence-electron chi connectivity index (χ2n) is 12.7. The Morgan fingerprint density at radius 2 is 1.73 bits per heavy atom. The summed E-state index contributed by atoms with van der Waals surface area (Å²) >= 11 is 9.75. The first-order valence-corrected chi connectivity index (χ1v) is 16.8. The van der Waals surface area contributed by atoms with Gasteiger partial charge in [0.15, 0.2) is 0 Å². The molecule has 0 N–H and O–H groups in total. The molecule has 0 spiro atoms. The lowest BCUT2D eigenvalue weighted by Crippen LogP contribution is -2.57. The van der Waals surface area contributed by atoms with Crippen LogP contribution in [0.25, 0.3) is 0 Å².